The van der Waals surface area contributed by atoms with Gasteiger partial charge >= 0.3 is 0 Å². The summed E-state index contributed by atoms with van der Waals surface area (Å²) in [7, 11) is 1.94. The topological polar surface area (TPSA) is 58.0 Å². The zero-order chi connectivity index (χ0) is 20.6. The fourth-order valence-electron chi connectivity index (χ4n) is 6.68. The van der Waals surface area contributed by atoms with E-state index in [1.807, 2.05) is 19.7 Å². The van der Waals surface area contributed by atoms with Gasteiger partial charge in [-0.3, -0.25) is 9.97 Å². The van der Waals surface area contributed by atoms with E-state index in [-0.39, 0.29) is 0 Å². The maximum absolute atomic E-state index is 4.90. The van der Waals surface area contributed by atoms with Gasteiger partial charge in [0, 0.05) is 37.6 Å². The second-order valence-electron chi connectivity index (χ2n) is 9.88. The van der Waals surface area contributed by atoms with Gasteiger partial charge in [-0.25, -0.2) is 9.97 Å². The number of rotatable bonds is 4. The maximum atomic E-state index is 4.90. The largest absolute Gasteiger partial charge is 0.353 e. The molecule has 0 bridgehead atoms. The molecule has 161 valence electrons. The van der Waals surface area contributed by atoms with Gasteiger partial charge in [0.2, 0.25) is 0 Å². The van der Waals surface area contributed by atoms with Gasteiger partial charge in [0.05, 0.1) is 11.4 Å². The van der Waals surface area contributed by atoms with Crippen molar-refractivity contribution in [1.29, 1.82) is 0 Å². The van der Waals surface area contributed by atoms with E-state index in [1.54, 1.807) is 0 Å². The first-order valence-corrected chi connectivity index (χ1v) is 12.4. The number of hydrogen-bond donors (Lipinski definition) is 0. The Morgan fingerprint density at radius 3 is 1.65 bits per heavy atom. The Bertz CT molecular complexity index is 849. The van der Waals surface area contributed by atoms with Crippen molar-refractivity contribution >= 4 is 30.4 Å². The van der Waals surface area contributed by atoms with E-state index in [0.717, 1.165) is 36.6 Å². The lowest BCUT2D eigenvalue weighted by atomic mass is 9.76. The van der Waals surface area contributed by atoms with E-state index in [4.69, 9.17) is 9.97 Å². The van der Waals surface area contributed by atoms with Crippen molar-refractivity contribution in [3.8, 4) is 0 Å². The molecule has 7 heteroatoms. The predicted octanol–water partition coefficient (Wildman–Crippen LogP) is 2.46. The van der Waals surface area contributed by atoms with Crippen molar-refractivity contribution in [3.63, 3.8) is 0 Å². The molecule has 0 aromatic carbocycles. The van der Waals surface area contributed by atoms with Crippen molar-refractivity contribution < 1.29 is 0 Å². The highest BCUT2D eigenvalue weighted by Crippen LogP contribution is 2.38. The van der Waals surface area contributed by atoms with Crippen LogP contribution in [-0.2, 0) is 0 Å². The van der Waals surface area contributed by atoms with Crippen LogP contribution >= 0.6 is 0 Å². The lowest BCUT2D eigenvalue weighted by Gasteiger charge is -2.32. The Labute approximate surface area is 186 Å². The zero-order valence-electron chi connectivity index (χ0n) is 18.4. The summed E-state index contributed by atoms with van der Waals surface area (Å²) >= 11 is 0. The van der Waals surface area contributed by atoms with Gasteiger partial charge in [-0.15, -0.1) is 0 Å². The Kier molecular flexibility index (Phi) is 5.28. The van der Waals surface area contributed by atoms with E-state index >= 15 is 0 Å². The quantitative estimate of drug-likeness (QED) is 0.716. The third kappa shape index (κ3) is 3.81. The molecule has 2 saturated carbocycles. The standard InChI is InChI=1S/C24H32BN6/c1-3-7-19-17(5-1)11-15-30(19)21-9-13-26-23(28-21)25-24-27-14-10-22(29-24)31-16-12-18-6-2-4-8-20(18)31/h9-10,13-14,17-20H,1-8,11-12,15-16H2. The molecule has 2 saturated heterocycles. The van der Waals surface area contributed by atoms with Crippen molar-refractivity contribution in [3.05, 3.63) is 24.5 Å². The first-order valence-electron chi connectivity index (χ1n) is 12.4. The molecule has 4 fully saturated rings. The summed E-state index contributed by atoms with van der Waals surface area (Å²) in [5.74, 6) is 3.83. The Morgan fingerprint density at radius 1 is 0.645 bits per heavy atom. The molecule has 4 heterocycles. The van der Waals surface area contributed by atoms with Crippen molar-refractivity contribution in [2.45, 2.75) is 76.3 Å². The number of aromatic nitrogens is 4. The van der Waals surface area contributed by atoms with Crippen LogP contribution in [0.4, 0.5) is 11.6 Å². The van der Waals surface area contributed by atoms with Gasteiger partial charge in [-0.1, -0.05) is 25.7 Å². The van der Waals surface area contributed by atoms with Crippen LogP contribution in [0.1, 0.15) is 64.2 Å². The Hall–Kier alpha value is -2.18. The smallest absolute Gasteiger partial charge is 0.295 e. The zero-order valence-corrected chi connectivity index (χ0v) is 18.4. The van der Waals surface area contributed by atoms with Crippen LogP contribution in [0.15, 0.2) is 24.5 Å². The van der Waals surface area contributed by atoms with E-state index in [9.17, 15) is 0 Å². The number of hydrogen-bond acceptors (Lipinski definition) is 6. The summed E-state index contributed by atoms with van der Waals surface area (Å²) in [4.78, 5) is 23.9. The summed E-state index contributed by atoms with van der Waals surface area (Å²) in [5, 5.41) is 0. The summed E-state index contributed by atoms with van der Waals surface area (Å²) in [6, 6.07) is 5.46. The first-order chi connectivity index (χ1) is 15.3. The van der Waals surface area contributed by atoms with Crippen molar-refractivity contribution in [2.24, 2.45) is 11.8 Å². The minimum Gasteiger partial charge on any atom is -0.353 e. The van der Waals surface area contributed by atoms with Gasteiger partial charge in [-0.2, -0.15) is 0 Å². The molecule has 2 aliphatic heterocycles. The highest BCUT2D eigenvalue weighted by molar-refractivity contribution is 6.64. The third-order valence-electron chi connectivity index (χ3n) is 8.19. The van der Waals surface area contributed by atoms with Gasteiger partial charge in [0.25, 0.3) is 7.28 Å². The predicted molar refractivity (Wildman–Crippen MR) is 125 cm³/mol. The lowest BCUT2D eigenvalue weighted by molar-refractivity contribution is 0.341. The minimum atomic E-state index is 0.662. The van der Waals surface area contributed by atoms with Gasteiger partial charge < -0.3 is 9.80 Å². The Balaban J connectivity index is 1.19. The average molecular weight is 415 g/mol. The maximum Gasteiger partial charge on any atom is 0.295 e. The molecule has 4 aliphatic rings. The van der Waals surface area contributed by atoms with E-state index in [0.29, 0.717) is 23.5 Å². The van der Waals surface area contributed by atoms with Crippen LogP contribution in [0.5, 0.6) is 0 Å². The number of fused-ring (bicyclic) bond motifs is 2. The molecule has 0 spiro atoms. The minimum absolute atomic E-state index is 0.662. The van der Waals surface area contributed by atoms with E-state index < -0.39 is 0 Å². The molecule has 6 rings (SSSR count). The molecule has 4 atom stereocenters. The van der Waals surface area contributed by atoms with Gasteiger partial charge in [-0.05, 0) is 62.5 Å². The third-order valence-corrected chi connectivity index (χ3v) is 8.19. The van der Waals surface area contributed by atoms with E-state index in [2.05, 4.69) is 31.9 Å². The monoisotopic (exact) mass is 415 g/mol. The summed E-state index contributed by atoms with van der Waals surface area (Å²) < 4.78 is 0. The summed E-state index contributed by atoms with van der Waals surface area (Å²) in [6.45, 7) is 2.24. The van der Waals surface area contributed by atoms with Crippen LogP contribution in [0.2, 0.25) is 0 Å². The fraction of sp³-hybridized carbons (Fsp3) is 0.667. The molecule has 4 unspecified atom stereocenters. The molecule has 2 aromatic rings. The number of nitrogens with zero attached hydrogens (tertiary/aromatic N) is 6. The van der Waals surface area contributed by atoms with Crippen molar-refractivity contribution in [1.82, 2.24) is 19.9 Å². The van der Waals surface area contributed by atoms with Crippen molar-refractivity contribution in [2.75, 3.05) is 22.9 Å². The number of anilines is 2. The van der Waals surface area contributed by atoms with E-state index in [1.165, 1.54) is 64.2 Å². The summed E-state index contributed by atoms with van der Waals surface area (Å²) in [6.07, 6.45) is 17.2. The molecule has 0 amide bonds. The van der Waals surface area contributed by atoms with Crippen LogP contribution < -0.4 is 21.2 Å². The molecular weight excluding hydrogens is 383 g/mol. The normalized spacial score (nSPS) is 30.2. The first kappa shape index (κ1) is 19.5. The average Bonchev–Trinajstić information content (AvgIpc) is 3.44. The molecule has 2 aromatic heterocycles. The van der Waals surface area contributed by atoms with Gasteiger partial charge in [0.15, 0.2) is 0 Å². The Morgan fingerprint density at radius 2 is 1.13 bits per heavy atom. The molecular formula is C24H32BN6. The molecule has 0 N–H and O–H groups in total. The van der Waals surface area contributed by atoms with Crippen LogP contribution in [0, 0.1) is 11.8 Å². The van der Waals surface area contributed by atoms with Gasteiger partial charge in [0.1, 0.15) is 11.6 Å². The fourth-order valence-corrected chi connectivity index (χ4v) is 6.68. The van der Waals surface area contributed by atoms with Crippen LogP contribution in [0.25, 0.3) is 0 Å². The van der Waals surface area contributed by atoms with Crippen LogP contribution in [-0.4, -0.2) is 52.4 Å². The van der Waals surface area contributed by atoms with Crippen LogP contribution in [0.3, 0.4) is 0 Å². The SMILES string of the molecule is [B](c1nccc(N2CCC3CCCCC32)n1)c1nccc(N2CCC3CCCCC32)n1. The molecule has 31 heavy (non-hydrogen) atoms. The summed E-state index contributed by atoms with van der Waals surface area (Å²) in [5.41, 5.74) is 1.43. The highest BCUT2D eigenvalue weighted by Gasteiger charge is 2.37. The highest BCUT2D eigenvalue weighted by atomic mass is 15.3. The second-order valence-corrected chi connectivity index (χ2v) is 9.88. The second kappa shape index (κ2) is 8.40. The molecule has 1 radical (unpaired) electrons. The lowest BCUT2D eigenvalue weighted by Crippen LogP contribution is -2.41. The molecule has 2 aliphatic carbocycles. The molecule has 6 nitrogen and oxygen atoms in total.